The monoisotopic (exact) mass is 1490 g/mol. The van der Waals surface area contributed by atoms with E-state index in [4.69, 9.17) is 43.2 Å². The van der Waals surface area contributed by atoms with Crippen molar-refractivity contribution in [1.29, 1.82) is 0 Å². The molecule has 0 rings (SSSR count). The van der Waals surface area contributed by atoms with Gasteiger partial charge in [0.1, 0.15) is 0 Å². The summed E-state index contributed by atoms with van der Waals surface area (Å²) in [4.78, 5) is 22.4. The van der Waals surface area contributed by atoms with E-state index in [2.05, 4.69) is 41.5 Å². The van der Waals surface area contributed by atoms with Crippen LogP contribution >= 0.6 is 0 Å². The predicted molar refractivity (Wildman–Crippen MR) is 458 cm³/mol. The first-order chi connectivity index (χ1) is 52.1. The summed E-state index contributed by atoms with van der Waals surface area (Å²) in [5, 5.41) is 0. The van der Waals surface area contributed by atoms with Crippen LogP contribution in [0.3, 0.4) is 0 Å². The molecule has 0 atom stereocenters. The Balaban J connectivity index is 5.63. The first kappa shape index (κ1) is 105. The van der Waals surface area contributed by atoms with E-state index < -0.39 is 11.6 Å². The quantitative estimate of drug-likeness (QED) is 0.0256. The Morgan fingerprint density at radius 1 is 0.133 bits per heavy atom. The molecular formula is C96H194O9. The van der Waals surface area contributed by atoms with Crippen LogP contribution < -0.4 is 0 Å². The minimum Gasteiger partial charge on any atom is -0.381 e. The molecule has 0 saturated heterocycles. The molecule has 0 radical (unpaired) electrons. The van der Waals surface area contributed by atoms with E-state index in [1.54, 1.807) is 0 Å². The highest BCUT2D eigenvalue weighted by Crippen LogP contribution is 2.40. The van der Waals surface area contributed by atoms with Gasteiger partial charge in [-0.3, -0.25) is 0 Å². The van der Waals surface area contributed by atoms with Crippen molar-refractivity contribution < 1.29 is 43.2 Å². The van der Waals surface area contributed by atoms with Crippen molar-refractivity contribution in [3.05, 3.63) is 0 Å². The van der Waals surface area contributed by atoms with E-state index in [0.29, 0.717) is 0 Å². The molecule has 0 heterocycles. The molecule has 9 heteroatoms. The lowest BCUT2D eigenvalue weighted by atomic mass is 9.95. The van der Waals surface area contributed by atoms with Crippen LogP contribution in [0.1, 0.15) is 542 Å². The Morgan fingerprint density at radius 3 is 0.438 bits per heavy atom. The molecule has 632 valence electrons. The van der Waals surface area contributed by atoms with E-state index in [-0.39, 0.29) is 0 Å². The lowest BCUT2D eigenvalue weighted by molar-refractivity contribution is -0.369. The molecule has 0 aromatic carbocycles. The number of unbranched alkanes of at least 4 members (excludes halogenated alkanes) is 64. The highest BCUT2D eigenvalue weighted by Gasteiger charge is 2.43. The summed E-state index contributed by atoms with van der Waals surface area (Å²) in [6.45, 7) is 22.2. The molecule has 0 unspecified atom stereocenters. The Morgan fingerprint density at radius 2 is 0.267 bits per heavy atom. The van der Waals surface area contributed by atoms with Crippen molar-refractivity contribution in [2.45, 2.75) is 554 Å². The third-order valence-electron chi connectivity index (χ3n) is 22.5. The highest BCUT2D eigenvalue weighted by molar-refractivity contribution is 4.81. The van der Waals surface area contributed by atoms with Gasteiger partial charge in [0.2, 0.25) is 0 Å². The summed E-state index contributed by atoms with van der Waals surface area (Å²) in [5.74, 6) is -1.20. The number of ether oxygens (including phenoxy) is 5. The average molecular weight is 1490 g/mol. The first-order valence-corrected chi connectivity index (χ1v) is 48.7. The molecule has 0 aliphatic heterocycles. The number of rotatable bonds is 98. The fraction of sp³-hybridized carbons (Fsp3) is 1.00. The lowest BCUT2D eigenvalue weighted by Gasteiger charge is -2.44. The molecule has 9 nitrogen and oxygen atoms in total. The summed E-state index contributed by atoms with van der Waals surface area (Å²) in [7, 11) is 0. The summed E-state index contributed by atoms with van der Waals surface area (Å²) < 4.78 is 34.9. The van der Waals surface area contributed by atoms with E-state index >= 15 is 0 Å². The second-order valence-electron chi connectivity index (χ2n) is 33.2. The zero-order chi connectivity index (χ0) is 75.6. The maximum atomic E-state index is 8.10. The number of hydrogen-bond acceptors (Lipinski definition) is 9. The highest BCUT2D eigenvalue weighted by atomic mass is 17.2. The third kappa shape index (κ3) is 82.9. The molecule has 0 aromatic rings. The molecule has 0 aromatic heterocycles. The maximum absolute atomic E-state index is 8.10. The Kier molecular flexibility index (Phi) is 92.2. The Labute approximate surface area is 659 Å². The van der Waals surface area contributed by atoms with E-state index in [9.17, 15) is 0 Å². The molecular weight excluding hydrogens is 1300 g/mol. The van der Waals surface area contributed by atoms with Gasteiger partial charge in [-0.1, -0.05) is 427 Å². The van der Waals surface area contributed by atoms with Crippen LogP contribution in [0, 0.1) is 0 Å². The summed E-state index contributed by atoms with van der Waals surface area (Å²) in [6.07, 6.45) is 99.7. The maximum Gasteiger partial charge on any atom is 0.171 e. The molecule has 0 bridgehead atoms. The fourth-order valence-electron chi connectivity index (χ4n) is 15.3. The van der Waals surface area contributed by atoms with Crippen LogP contribution in [0.4, 0.5) is 0 Å². The molecule has 0 aliphatic rings. The van der Waals surface area contributed by atoms with Crippen molar-refractivity contribution >= 4 is 0 Å². The van der Waals surface area contributed by atoms with Gasteiger partial charge in [-0.05, 0) is 89.9 Å². The second kappa shape index (κ2) is 92.5. The Bertz CT molecular complexity index is 1370. The lowest BCUT2D eigenvalue weighted by Crippen LogP contribution is -2.49. The van der Waals surface area contributed by atoms with Gasteiger partial charge < -0.3 is 23.7 Å². The van der Waals surface area contributed by atoms with Crippen molar-refractivity contribution in [3.8, 4) is 0 Å². The second-order valence-corrected chi connectivity index (χ2v) is 33.2. The van der Waals surface area contributed by atoms with Gasteiger partial charge in [-0.25, -0.2) is 19.6 Å². The van der Waals surface area contributed by atoms with Gasteiger partial charge in [0.25, 0.3) is 0 Å². The van der Waals surface area contributed by atoms with Gasteiger partial charge in [-0.15, -0.1) is 0 Å². The van der Waals surface area contributed by atoms with Crippen LogP contribution in [0.25, 0.3) is 0 Å². The summed E-state index contributed by atoms with van der Waals surface area (Å²) in [5.41, 5.74) is 0. The van der Waals surface area contributed by atoms with E-state index in [0.717, 1.165) is 130 Å². The Hall–Kier alpha value is -0.360. The van der Waals surface area contributed by atoms with Crippen molar-refractivity contribution in [3.63, 3.8) is 0 Å². The minimum atomic E-state index is -0.598. The molecule has 105 heavy (non-hydrogen) atoms. The SMILES string of the molecule is CCCCCCCCCCC(CCCCCCCCCC)(OCCCCCCCCCCOOCCCCCCCCCCOCCCCCCC)OC(CCCCCCCCCC)(CCCCCCCCCC)OCCCCCCCCCCOOCCCCCCCCCCOCCCCCCC. The zero-order valence-corrected chi connectivity index (χ0v) is 72.9. The molecule has 0 aliphatic carbocycles. The molecule has 0 amide bonds. The minimum absolute atomic E-state index is 0.598. The van der Waals surface area contributed by atoms with E-state index in [1.807, 2.05) is 0 Å². The number of hydrogen-bond donors (Lipinski definition) is 0. The fourth-order valence-corrected chi connectivity index (χ4v) is 15.3. The van der Waals surface area contributed by atoms with Crippen molar-refractivity contribution in [2.24, 2.45) is 0 Å². The average Bonchev–Trinajstić information content (AvgIpc) is 0.811. The zero-order valence-electron chi connectivity index (χ0n) is 72.9. The topological polar surface area (TPSA) is 83.1 Å². The largest absolute Gasteiger partial charge is 0.381 e. The van der Waals surface area contributed by atoms with Gasteiger partial charge in [0.05, 0.1) is 39.6 Å². The van der Waals surface area contributed by atoms with Gasteiger partial charge >= 0.3 is 0 Å². The van der Waals surface area contributed by atoms with Crippen LogP contribution in [-0.2, 0) is 43.2 Å². The van der Waals surface area contributed by atoms with Crippen LogP contribution in [0.15, 0.2) is 0 Å². The summed E-state index contributed by atoms with van der Waals surface area (Å²) >= 11 is 0. The van der Waals surface area contributed by atoms with Crippen LogP contribution in [0.5, 0.6) is 0 Å². The normalized spacial score (nSPS) is 12.2. The van der Waals surface area contributed by atoms with Gasteiger partial charge in [0, 0.05) is 52.1 Å². The third-order valence-corrected chi connectivity index (χ3v) is 22.5. The smallest absolute Gasteiger partial charge is 0.171 e. The van der Waals surface area contributed by atoms with Crippen LogP contribution in [-0.4, -0.2) is 77.6 Å². The van der Waals surface area contributed by atoms with E-state index in [1.165, 1.54) is 437 Å². The molecule has 0 spiro atoms. The van der Waals surface area contributed by atoms with Gasteiger partial charge in [0.15, 0.2) is 11.6 Å². The van der Waals surface area contributed by atoms with Crippen molar-refractivity contribution in [1.82, 2.24) is 0 Å². The predicted octanol–water partition coefficient (Wildman–Crippen LogP) is 32.9. The molecule has 0 saturated carbocycles. The standard InChI is InChI=1S/C96H194O9/c1-7-13-19-25-29-41-53-67-81-95(82-68-54-42-30-26-20-14-8-2,99-89-75-61-47-35-39-51-65-79-93-103-101-91-77-63-49-37-33-45-59-73-87-97-85-71-57-23-17-11-5)105-96(83-69-55-43-31-27-21-15-9-3,84-70-56-44-32-28-22-16-10-4)100-90-76-62-48-36-40-52-66-80-94-104-102-92-78-64-50-38-34-46-60-74-88-98-86-72-58-24-18-12-6/h7-94H2,1-6H3. The molecule has 0 N–H and O–H groups in total. The first-order valence-electron chi connectivity index (χ1n) is 48.7. The van der Waals surface area contributed by atoms with Gasteiger partial charge in [-0.2, -0.15) is 0 Å². The summed E-state index contributed by atoms with van der Waals surface area (Å²) in [6, 6.07) is 0. The van der Waals surface area contributed by atoms with Crippen molar-refractivity contribution in [2.75, 3.05) is 66.1 Å². The van der Waals surface area contributed by atoms with Crippen LogP contribution in [0.2, 0.25) is 0 Å². The molecule has 0 fully saturated rings.